The fraction of sp³-hybridized carbons (Fsp3) is 0.381. The second-order valence-corrected chi connectivity index (χ2v) is 17.3. The Kier molecular flexibility index (Phi) is 6.25. The predicted molar refractivity (Wildman–Crippen MR) is 197 cm³/mol. The summed E-state index contributed by atoms with van der Waals surface area (Å²) in [6, 6.07) is 17.9. The number of fused-ring (bicyclic) bond motifs is 6. The maximum absolute atomic E-state index is 6.48. The highest BCUT2D eigenvalue weighted by molar-refractivity contribution is 6.98. The molecule has 9 rings (SSSR count). The Morgan fingerprint density at radius 3 is 1.35 bits per heavy atom. The van der Waals surface area contributed by atoms with Crippen molar-refractivity contribution < 1.29 is 9.47 Å². The first-order valence-corrected chi connectivity index (χ1v) is 17.7. The fourth-order valence-corrected chi connectivity index (χ4v) is 8.78. The molecule has 0 saturated heterocycles. The standard InChI is InChI=1S/C42H43BN4O2/c1-39(2)13-15-41(5,6)28-17-24(9-11-26(28)39)32-19-34-30(21-44-32)43-31-22-45-33(20-35(31)49-38-36(43)37(48-34)46-23-47-38)25-10-12-27-29(18-25)42(7,8)16-14-40(27,3)4/h9-12,17-23H,13-16H2,1-8H3. The van der Waals surface area contributed by atoms with Crippen LogP contribution in [0.3, 0.4) is 0 Å². The number of hydrogen-bond donors (Lipinski definition) is 0. The van der Waals surface area contributed by atoms with E-state index in [0.29, 0.717) is 11.8 Å². The Bertz CT molecular complexity index is 2070. The molecule has 2 aliphatic heterocycles. The SMILES string of the molecule is CC1(C)CCC(C)(C)c2cc(-c3cc4c(cn3)B3c5cnc(-c6ccc7c(c6)C(C)(C)CCC7(C)C)cc5Oc5ncnc(c53)O4)ccc21. The molecule has 6 nitrogen and oxygen atoms in total. The number of pyridine rings is 2. The van der Waals surface area contributed by atoms with Gasteiger partial charge >= 0.3 is 0 Å². The molecular formula is C42H43BN4O2. The fourth-order valence-electron chi connectivity index (χ4n) is 8.78. The van der Waals surface area contributed by atoms with E-state index in [1.54, 1.807) is 0 Å². The molecule has 0 amide bonds. The van der Waals surface area contributed by atoms with E-state index in [2.05, 4.69) is 114 Å². The first kappa shape index (κ1) is 30.5. The minimum atomic E-state index is -0.201. The molecular weight excluding hydrogens is 603 g/mol. The summed E-state index contributed by atoms with van der Waals surface area (Å²) in [6.45, 7) is 18.7. The highest BCUT2D eigenvalue weighted by atomic mass is 16.5. The second kappa shape index (κ2) is 10.0. The lowest BCUT2D eigenvalue weighted by atomic mass is 9.36. The molecule has 4 aliphatic rings. The van der Waals surface area contributed by atoms with Gasteiger partial charge in [0.05, 0.1) is 16.9 Å². The average Bonchev–Trinajstić information content (AvgIpc) is 3.08. The lowest BCUT2D eigenvalue weighted by Crippen LogP contribution is -2.58. The van der Waals surface area contributed by atoms with Crippen LogP contribution in [0.1, 0.15) is 103 Å². The lowest BCUT2D eigenvalue weighted by molar-refractivity contribution is 0.332. The monoisotopic (exact) mass is 646 g/mol. The highest BCUT2D eigenvalue weighted by Gasteiger charge is 2.43. The van der Waals surface area contributed by atoms with Crippen LogP contribution < -0.4 is 25.9 Å². The first-order chi connectivity index (χ1) is 23.2. The minimum Gasteiger partial charge on any atom is -0.440 e. The third kappa shape index (κ3) is 4.60. The number of ether oxygens (including phenoxy) is 2. The Labute approximate surface area is 289 Å². The van der Waals surface area contributed by atoms with Gasteiger partial charge in [-0.2, -0.15) is 0 Å². The summed E-state index contributed by atoms with van der Waals surface area (Å²) in [5.74, 6) is 2.53. The quantitative estimate of drug-likeness (QED) is 0.177. The summed E-state index contributed by atoms with van der Waals surface area (Å²) in [5, 5.41) is 0. The molecule has 246 valence electrons. The molecule has 7 heteroatoms. The molecule has 2 aliphatic carbocycles. The van der Waals surface area contributed by atoms with Gasteiger partial charge < -0.3 is 9.47 Å². The Morgan fingerprint density at radius 2 is 0.918 bits per heavy atom. The minimum absolute atomic E-state index is 0.112. The second-order valence-electron chi connectivity index (χ2n) is 17.3. The Balaban J connectivity index is 1.12. The smallest absolute Gasteiger partial charge is 0.269 e. The van der Waals surface area contributed by atoms with Crippen LogP contribution in [0.2, 0.25) is 0 Å². The third-order valence-corrected chi connectivity index (χ3v) is 12.2. The van der Waals surface area contributed by atoms with Crippen molar-refractivity contribution in [2.24, 2.45) is 0 Å². The Hall–Kier alpha value is -4.52. The van der Waals surface area contributed by atoms with Crippen LogP contribution in [0.25, 0.3) is 22.5 Å². The van der Waals surface area contributed by atoms with Crippen LogP contribution in [-0.2, 0) is 21.7 Å². The van der Waals surface area contributed by atoms with E-state index in [1.165, 1.54) is 41.4 Å². The largest absolute Gasteiger partial charge is 0.440 e. The average molecular weight is 647 g/mol. The van der Waals surface area contributed by atoms with Crippen LogP contribution in [0.4, 0.5) is 0 Å². The van der Waals surface area contributed by atoms with Crippen molar-refractivity contribution in [3.8, 4) is 45.8 Å². The van der Waals surface area contributed by atoms with Crippen LogP contribution >= 0.6 is 0 Å². The summed E-state index contributed by atoms with van der Waals surface area (Å²) in [4.78, 5) is 19.2. The summed E-state index contributed by atoms with van der Waals surface area (Å²) in [5.41, 5.74) is 13.0. The molecule has 0 atom stereocenters. The molecule has 49 heavy (non-hydrogen) atoms. The van der Waals surface area contributed by atoms with E-state index in [1.807, 2.05) is 12.4 Å². The number of nitrogens with zero attached hydrogens (tertiary/aromatic N) is 4. The van der Waals surface area contributed by atoms with E-state index < -0.39 is 0 Å². The number of hydrogen-bond acceptors (Lipinski definition) is 6. The summed E-state index contributed by atoms with van der Waals surface area (Å²) in [6.07, 6.45) is 10.1. The molecule has 5 aromatic rings. The van der Waals surface area contributed by atoms with E-state index in [4.69, 9.17) is 19.4 Å². The third-order valence-electron chi connectivity index (χ3n) is 12.2. The van der Waals surface area contributed by atoms with Crippen molar-refractivity contribution in [2.45, 2.75) is 103 Å². The van der Waals surface area contributed by atoms with Gasteiger partial charge in [0.15, 0.2) is 0 Å². The van der Waals surface area contributed by atoms with E-state index >= 15 is 0 Å². The molecule has 0 bridgehead atoms. The topological polar surface area (TPSA) is 70.0 Å². The van der Waals surface area contributed by atoms with Crippen molar-refractivity contribution in [1.29, 1.82) is 0 Å². The number of aromatic nitrogens is 4. The molecule has 0 N–H and O–H groups in total. The molecule has 3 aromatic heterocycles. The van der Waals surface area contributed by atoms with Gasteiger partial charge in [0, 0.05) is 35.7 Å². The maximum Gasteiger partial charge on any atom is 0.269 e. The van der Waals surface area contributed by atoms with Crippen molar-refractivity contribution in [2.75, 3.05) is 0 Å². The van der Waals surface area contributed by atoms with Gasteiger partial charge in [-0.15, -0.1) is 0 Å². The molecule has 0 fully saturated rings. The van der Waals surface area contributed by atoms with Gasteiger partial charge in [-0.05, 0) is 92.7 Å². The zero-order valence-electron chi connectivity index (χ0n) is 29.9. The number of rotatable bonds is 2. The van der Waals surface area contributed by atoms with Gasteiger partial charge in [-0.3, -0.25) is 9.97 Å². The van der Waals surface area contributed by atoms with Crippen LogP contribution in [0.5, 0.6) is 23.3 Å². The van der Waals surface area contributed by atoms with Crippen LogP contribution in [0, 0.1) is 0 Å². The zero-order valence-corrected chi connectivity index (χ0v) is 29.9. The molecule has 0 saturated carbocycles. The summed E-state index contributed by atoms with van der Waals surface area (Å²) in [7, 11) is 0. The summed E-state index contributed by atoms with van der Waals surface area (Å²) < 4.78 is 13.0. The lowest BCUT2D eigenvalue weighted by Gasteiger charge is -2.42. The maximum atomic E-state index is 6.48. The Morgan fingerprint density at radius 1 is 0.510 bits per heavy atom. The molecule has 0 spiro atoms. The van der Waals surface area contributed by atoms with Gasteiger partial charge in [0.1, 0.15) is 17.8 Å². The first-order valence-electron chi connectivity index (χ1n) is 17.7. The normalized spacial score (nSPS) is 19.6. The van der Waals surface area contributed by atoms with Gasteiger partial charge in [-0.25, -0.2) is 9.97 Å². The van der Waals surface area contributed by atoms with E-state index in [9.17, 15) is 0 Å². The van der Waals surface area contributed by atoms with E-state index in [-0.39, 0.29) is 28.4 Å². The van der Waals surface area contributed by atoms with Crippen molar-refractivity contribution in [3.63, 3.8) is 0 Å². The van der Waals surface area contributed by atoms with Crippen LogP contribution in [-0.4, -0.2) is 26.6 Å². The van der Waals surface area contributed by atoms with E-state index in [0.717, 1.165) is 63.2 Å². The van der Waals surface area contributed by atoms with Gasteiger partial charge in [-0.1, -0.05) is 79.7 Å². The molecule has 0 unspecified atom stereocenters. The van der Waals surface area contributed by atoms with Crippen LogP contribution in [0.15, 0.2) is 67.3 Å². The van der Waals surface area contributed by atoms with Crippen molar-refractivity contribution in [3.05, 3.63) is 89.5 Å². The molecule has 5 heterocycles. The van der Waals surface area contributed by atoms with Crippen molar-refractivity contribution in [1.82, 2.24) is 19.9 Å². The number of benzene rings is 2. The zero-order chi connectivity index (χ0) is 34.1. The molecule has 2 aromatic carbocycles. The highest BCUT2D eigenvalue weighted by Crippen LogP contribution is 2.48. The summed E-state index contributed by atoms with van der Waals surface area (Å²) >= 11 is 0. The van der Waals surface area contributed by atoms with Crippen molar-refractivity contribution >= 4 is 23.1 Å². The van der Waals surface area contributed by atoms with Gasteiger partial charge in [0.25, 0.3) is 6.71 Å². The molecule has 0 radical (unpaired) electrons. The van der Waals surface area contributed by atoms with Gasteiger partial charge in [0.2, 0.25) is 11.8 Å². The predicted octanol–water partition coefficient (Wildman–Crippen LogP) is 8.03.